The summed E-state index contributed by atoms with van der Waals surface area (Å²) in [4.78, 5) is 52.1. The SMILES string of the molecule is C#Cc1cccc(F)c1.COCC1CCc2nc3cc(Br)ccc3c(=O)n21.COCC1CCc2nc3cc(C#Cc4cccc(F)c4)ccc3c(=O)n21.O=S(=O)=O.O=c1c2ccc(Br)cc2nc2n1C(Cc1ccccc1)CC2. The molecule has 3 aliphatic heterocycles. The van der Waals surface area contributed by atoms with Crippen molar-refractivity contribution in [3.8, 4) is 24.2 Å². The number of benzene rings is 6. The van der Waals surface area contributed by atoms with Gasteiger partial charge in [-0.3, -0.25) is 28.1 Å². The van der Waals surface area contributed by atoms with Gasteiger partial charge in [-0.2, -0.15) is 0 Å². The van der Waals surface area contributed by atoms with Gasteiger partial charge in [-0.15, -0.1) is 19.1 Å². The molecule has 6 aromatic carbocycles. The number of halogens is 4. The van der Waals surface area contributed by atoms with Gasteiger partial charge >= 0.3 is 10.6 Å². The van der Waals surface area contributed by atoms with E-state index in [1.165, 1.54) is 29.8 Å². The monoisotopic (exact) mass is 1210 g/mol. The summed E-state index contributed by atoms with van der Waals surface area (Å²) in [5.74, 6) is 10.3. The maximum atomic E-state index is 13.2. The number of fused-ring (bicyclic) bond motifs is 6. The minimum atomic E-state index is -3.11. The third kappa shape index (κ3) is 14.3. The molecular weight excluding hydrogens is 1160 g/mol. The fraction of sp³-hybridized carbons (Fsp3) is 0.233. The zero-order valence-electron chi connectivity index (χ0n) is 42.7. The Hall–Kier alpha value is -7.78. The predicted octanol–water partition coefficient (Wildman–Crippen LogP) is 10.1. The van der Waals surface area contributed by atoms with E-state index in [1.807, 2.05) is 65.2 Å². The normalized spacial score (nSPS) is 15.2. The molecule has 6 heterocycles. The number of aryl methyl sites for hydroxylation is 3. The van der Waals surface area contributed by atoms with Gasteiger partial charge in [-0.05, 0) is 122 Å². The Kier molecular flexibility index (Phi) is 19.4. The molecule has 0 fully saturated rings. The number of terminal acetylenes is 1. The van der Waals surface area contributed by atoms with E-state index < -0.39 is 10.6 Å². The summed E-state index contributed by atoms with van der Waals surface area (Å²) in [5, 5.41) is 1.95. The highest BCUT2D eigenvalue weighted by molar-refractivity contribution is 9.10. The Morgan fingerprint density at radius 1 is 0.544 bits per heavy atom. The van der Waals surface area contributed by atoms with Crippen LogP contribution in [0.5, 0.6) is 0 Å². The van der Waals surface area contributed by atoms with Gasteiger partial charge in [0.2, 0.25) is 0 Å². The number of hydrogen-bond acceptors (Lipinski definition) is 11. The van der Waals surface area contributed by atoms with Crippen LogP contribution in [0.3, 0.4) is 0 Å². The molecule has 12 rings (SSSR count). The van der Waals surface area contributed by atoms with Crippen LogP contribution in [0.25, 0.3) is 32.7 Å². The quantitative estimate of drug-likeness (QED) is 0.145. The summed E-state index contributed by atoms with van der Waals surface area (Å²) in [7, 11) is 0.190. The van der Waals surface area contributed by atoms with Crippen molar-refractivity contribution in [2.45, 2.75) is 63.1 Å². The molecule has 0 spiro atoms. The second-order valence-electron chi connectivity index (χ2n) is 18.5. The molecule has 3 unspecified atom stereocenters. The highest BCUT2D eigenvalue weighted by atomic mass is 79.9. The van der Waals surface area contributed by atoms with E-state index >= 15 is 0 Å². The third-order valence-electron chi connectivity index (χ3n) is 13.2. The minimum Gasteiger partial charge on any atom is -0.383 e. The van der Waals surface area contributed by atoms with Gasteiger partial charge in [0.15, 0.2) is 0 Å². The molecule has 0 amide bonds. The van der Waals surface area contributed by atoms with E-state index in [-0.39, 0.29) is 46.4 Å². The first-order valence-electron chi connectivity index (χ1n) is 24.9. The lowest BCUT2D eigenvalue weighted by Crippen LogP contribution is -2.26. The van der Waals surface area contributed by atoms with Crippen LogP contribution in [0.1, 0.15) is 77.1 Å². The van der Waals surface area contributed by atoms with Gasteiger partial charge in [0.25, 0.3) is 16.7 Å². The molecule has 0 radical (unpaired) electrons. The van der Waals surface area contributed by atoms with E-state index in [4.69, 9.17) is 33.5 Å². The van der Waals surface area contributed by atoms with Crippen molar-refractivity contribution in [3.63, 3.8) is 0 Å². The van der Waals surface area contributed by atoms with Gasteiger partial charge in [0.1, 0.15) is 29.1 Å². The second kappa shape index (κ2) is 26.7. The molecule has 14 nitrogen and oxygen atoms in total. The Balaban J connectivity index is 0.000000142. The Labute approximate surface area is 471 Å². The number of methoxy groups -OCH3 is 2. The van der Waals surface area contributed by atoms with Crippen LogP contribution >= 0.6 is 31.9 Å². The summed E-state index contributed by atoms with van der Waals surface area (Å²) in [6.07, 6.45) is 11.1. The molecule has 0 bridgehead atoms. The summed E-state index contributed by atoms with van der Waals surface area (Å²) in [6, 6.07) is 39.5. The molecule has 9 aromatic rings. The average Bonchev–Trinajstić information content (AvgIpc) is 4.27. The van der Waals surface area contributed by atoms with Gasteiger partial charge in [-0.1, -0.05) is 92.1 Å². The Bertz CT molecular complexity index is 4140. The van der Waals surface area contributed by atoms with Crippen molar-refractivity contribution in [2.24, 2.45) is 0 Å². The molecule has 0 saturated carbocycles. The van der Waals surface area contributed by atoms with Gasteiger partial charge < -0.3 is 9.47 Å². The Morgan fingerprint density at radius 3 is 1.39 bits per heavy atom. The molecule has 402 valence electrons. The van der Waals surface area contributed by atoms with E-state index in [1.54, 1.807) is 59.8 Å². The molecule has 0 aliphatic carbocycles. The lowest BCUT2D eigenvalue weighted by atomic mass is 10.0. The van der Waals surface area contributed by atoms with E-state index in [2.05, 4.69) is 71.7 Å². The minimum absolute atomic E-state index is 0.0332. The van der Waals surface area contributed by atoms with Crippen molar-refractivity contribution < 1.29 is 30.9 Å². The van der Waals surface area contributed by atoms with Crippen molar-refractivity contribution >= 4 is 75.2 Å². The smallest absolute Gasteiger partial charge is 0.383 e. The van der Waals surface area contributed by atoms with Gasteiger partial charge in [-0.25, -0.2) is 23.7 Å². The van der Waals surface area contributed by atoms with Gasteiger partial charge in [0, 0.05) is 65.2 Å². The summed E-state index contributed by atoms with van der Waals surface area (Å²) >= 11 is 6.85. The fourth-order valence-corrected chi connectivity index (χ4v) is 10.5. The Morgan fingerprint density at radius 2 is 0.949 bits per heavy atom. The van der Waals surface area contributed by atoms with E-state index in [0.29, 0.717) is 46.0 Å². The van der Waals surface area contributed by atoms with Crippen molar-refractivity contribution in [3.05, 3.63) is 225 Å². The fourth-order valence-electron chi connectivity index (χ4n) is 9.76. The van der Waals surface area contributed by atoms with Crippen LogP contribution in [-0.4, -0.2) is 68.7 Å². The highest BCUT2D eigenvalue weighted by Gasteiger charge is 2.28. The molecule has 79 heavy (non-hydrogen) atoms. The number of rotatable bonds is 6. The maximum Gasteiger partial charge on any atom is 0.425 e. The third-order valence-corrected chi connectivity index (χ3v) is 14.2. The number of hydrogen-bond donors (Lipinski definition) is 0. The molecule has 3 aliphatic rings. The largest absolute Gasteiger partial charge is 0.425 e. The van der Waals surface area contributed by atoms with Crippen molar-refractivity contribution in [1.82, 2.24) is 28.7 Å². The van der Waals surface area contributed by atoms with Crippen LogP contribution in [0, 0.1) is 35.8 Å². The van der Waals surface area contributed by atoms with Crippen LogP contribution in [0.4, 0.5) is 8.78 Å². The van der Waals surface area contributed by atoms with E-state index in [9.17, 15) is 23.2 Å². The molecule has 0 saturated heterocycles. The van der Waals surface area contributed by atoms with Crippen molar-refractivity contribution in [1.29, 1.82) is 0 Å². The number of aromatic nitrogens is 6. The molecule has 19 heteroatoms. The first kappa shape index (κ1) is 57.4. The number of nitrogens with zero attached hydrogens (tertiary/aromatic N) is 6. The summed E-state index contributed by atoms with van der Waals surface area (Å²) in [6.45, 7) is 1.08. The van der Waals surface area contributed by atoms with Crippen LogP contribution < -0.4 is 16.7 Å². The second-order valence-corrected chi connectivity index (χ2v) is 20.7. The predicted molar refractivity (Wildman–Crippen MR) is 306 cm³/mol. The topological polar surface area (TPSA) is 174 Å². The molecule has 0 N–H and O–H groups in total. The summed E-state index contributed by atoms with van der Waals surface area (Å²) in [5.41, 5.74) is 5.48. The molecular formula is C60H50Br2F2N6O8S. The van der Waals surface area contributed by atoms with Crippen LogP contribution in [0.2, 0.25) is 0 Å². The van der Waals surface area contributed by atoms with Crippen LogP contribution in [-0.2, 0) is 45.8 Å². The zero-order chi connectivity index (χ0) is 56.2. The average molecular weight is 1210 g/mol. The first-order valence-corrected chi connectivity index (χ1v) is 27.5. The lowest BCUT2D eigenvalue weighted by molar-refractivity contribution is 0.157. The van der Waals surface area contributed by atoms with Gasteiger partial charge in [0.05, 0.1) is 58.0 Å². The van der Waals surface area contributed by atoms with Crippen molar-refractivity contribution in [2.75, 3.05) is 27.4 Å². The maximum absolute atomic E-state index is 13.2. The number of ether oxygens (including phenoxy) is 2. The highest BCUT2D eigenvalue weighted by Crippen LogP contribution is 2.29. The summed E-state index contributed by atoms with van der Waals surface area (Å²) < 4.78 is 68.6. The standard InChI is InChI=1S/C21H17FN2O2.C18H15BrN2O.C13H13BrN2O2.C8H5F.O3S/c1-26-13-17-8-10-20-23-19-12-15(7-9-18(19)21(25)24(17)20)6-5-14-3-2-4-16(22)11-14;19-13-6-8-15-16(11-13)20-17-9-7-14(21(17)18(15)22)10-12-4-2-1-3-5-12;1-18-7-9-3-5-12-15-11-6-8(14)2-4-10(11)13(17)16(9)12;1-2-7-4-3-5-8(9)6-7;1-4(2)3/h2-4,7,9,11-12,17H,8,10,13H2,1H3;1-6,8,11,14H,7,9-10H2;2,4,6,9H,3,5,7H2,1H3;1,3-6H;. The molecule has 3 atom stereocenters. The first-order chi connectivity index (χ1) is 38.1. The van der Waals surface area contributed by atoms with E-state index in [0.717, 1.165) is 88.0 Å². The molecule has 3 aromatic heterocycles. The zero-order valence-corrected chi connectivity index (χ0v) is 46.7. The van der Waals surface area contributed by atoms with Crippen LogP contribution in [0.15, 0.2) is 157 Å². The lowest BCUT2D eigenvalue weighted by Gasteiger charge is -2.15.